The molecule has 0 atom stereocenters. The number of hydrogen-bond donors (Lipinski definition) is 0. The highest BCUT2D eigenvalue weighted by molar-refractivity contribution is 5.85. The molecule has 0 saturated heterocycles. The topological polar surface area (TPSA) is 41.9 Å². The van der Waals surface area contributed by atoms with Crippen LogP contribution in [0.5, 0.6) is 0 Å². The van der Waals surface area contributed by atoms with Crippen LogP contribution in [0.3, 0.4) is 0 Å². The lowest BCUT2D eigenvalue weighted by atomic mass is 9.99. The summed E-state index contributed by atoms with van der Waals surface area (Å²) in [6.07, 6.45) is 13.1. The van der Waals surface area contributed by atoms with Gasteiger partial charge in [0, 0.05) is 50.4 Å². The van der Waals surface area contributed by atoms with E-state index in [1.165, 1.54) is 0 Å². The molecule has 0 spiro atoms. The van der Waals surface area contributed by atoms with E-state index in [4.69, 9.17) is 15.0 Å². The molecule has 15 rings (SSSR count). The van der Waals surface area contributed by atoms with Crippen LogP contribution in [-0.4, -0.2) is 15.0 Å². The molecule has 0 radical (unpaired) electrons. The van der Waals surface area contributed by atoms with Crippen LogP contribution in [0.2, 0.25) is 0 Å². The Morgan fingerprint density at radius 2 is 0.320 bits per heavy atom. The fourth-order valence-electron chi connectivity index (χ4n) is 12.2. The van der Waals surface area contributed by atoms with Gasteiger partial charge >= 0.3 is 0 Å². The van der Waals surface area contributed by atoms with Gasteiger partial charge in [-0.2, -0.15) is 0 Å². The van der Waals surface area contributed by atoms with E-state index in [1.54, 1.807) is 0 Å². The van der Waals surface area contributed by atoms with Crippen molar-refractivity contribution in [3.63, 3.8) is 0 Å². The van der Waals surface area contributed by atoms with Crippen molar-refractivity contribution < 1.29 is 0 Å². The van der Waals surface area contributed by atoms with E-state index < -0.39 is 0 Å². The maximum atomic E-state index is 5.10. The van der Waals surface area contributed by atoms with Crippen molar-refractivity contribution in [2.24, 2.45) is 0 Å². The van der Waals surface area contributed by atoms with Crippen molar-refractivity contribution >= 4 is 53.5 Å². The fraction of sp³-hybridized carbons (Fsp3) is 0. The molecule has 458 valence electrons. The molecule has 0 aliphatic heterocycles. The van der Waals surface area contributed by atoms with Crippen LogP contribution in [0.1, 0.15) is 33.4 Å². The molecule has 0 fully saturated rings. The van der Waals surface area contributed by atoms with Crippen molar-refractivity contribution in [1.82, 2.24) is 15.0 Å². The predicted molar refractivity (Wildman–Crippen MR) is 410 cm³/mol. The van der Waals surface area contributed by atoms with Crippen LogP contribution in [0.25, 0.3) is 137 Å². The Morgan fingerprint density at radius 3 is 0.495 bits per heavy atom. The van der Waals surface area contributed by atoms with E-state index in [1.807, 2.05) is 36.4 Å². The van der Waals surface area contributed by atoms with Gasteiger partial charge in [-0.25, -0.2) is 15.0 Å². The van der Waals surface area contributed by atoms with Gasteiger partial charge in [0.1, 0.15) is 0 Å². The first kappa shape index (κ1) is 60.4. The van der Waals surface area contributed by atoms with Gasteiger partial charge in [-0.15, -0.1) is 0 Å². The van der Waals surface area contributed by atoms with Crippen LogP contribution in [0, 0.1) is 0 Å². The number of pyridine rings is 3. The van der Waals surface area contributed by atoms with E-state index in [-0.39, 0.29) is 0 Å². The van der Waals surface area contributed by atoms with Gasteiger partial charge in [0.05, 0.1) is 34.2 Å². The molecule has 0 unspecified atom stereocenters. The second kappa shape index (κ2) is 28.5. The first-order chi connectivity index (χ1) is 48.0. The molecule has 4 nitrogen and oxygen atoms in total. The summed E-state index contributed by atoms with van der Waals surface area (Å²) in [5, 5.41) is 0. The zero-order valence-electron chi connectivity index (χ0n) is 53.4. The molecule has 0 N–H and O–H groups in total. The number of aromatic nitrogens is 3. The third kappa shape index (κ3) is 14.5. The first-order valence-electron chi connectivity index (χ1n) is 32.9. The fourth-order valence-corrected chi connectivity index (χ4v) is 12.2. The standard InChI is InChI=1S/C93H66N4/c1-7-19-76(20-8-1)88-61-82(62-89(94-88)77-21-9-2-10-22-77)73-49-37-67(38-50-73)31-34-70-43-55-85(56-44-70)97(86-57-45-71(46-58-86)35-32-68-39-51-74(52-40-68)83-63-90(78-23-11-3-12-24-78)95-91(64-83)79-25-13-4-14-26-79)87-59-47-72(48-60-87)36-33-69-41-53-75(54-42-69)84-65-92(80-27-15-5-16-28-80)96-93(66-84)81-29-17-6-18-30-81/h1-66H/b34-31+,35-32+,36-33+. The van der Waals surface area contributed by atoms with Crippen molar-refractivity contribution in [1.29, 1.82) is 0 Å². The van der Waals surface area contributed by atoms with Crippen LogP contribution in [0.4, 0.5) is 17.1 Å². The van der Waals surface area contributed by atoms with Gasteiger partial charge in [0.25, 0.3) is 0 Å². The minimum absolute atomic E-state index is 0.950. The SMILES string of the molecule is C(=C\c1ccc(N(c2ccc(/C=C/c3ccc(-c4cc(-c5ccccc5)nc(-c5ccccc5)c4)cc3)cc2)c2ccc(/C=C/c3ccc(-c4cc(-c5ccccc5)nc(-c5ccccc5)c4)cc3)cc2)cc1)/c1ccc(-c2cc(-c3ccccc3)nc(-c3ccccc3)c2)cc1. The van der Waals surface area contributed by atoms with E-state index in [0.29, 0.717) is 0 Å². The van der Waals surface area contributed by atoms with Gasteiger partial charge in [-0.1, -0.05) is 328 Å². The summed E-state index contributed by atoms with van der Waals surface area (Å²) in [5.41, 5.74) is 28.9. The van der Waals surface area contributed by atoms with Crippen LogP contribution < -0.4 is 4.90 Å². The number of benzene rings is 12. The van der Waals surface area contributed by atoms with E-state index in [9.17, 15) is 0 Å². The number of rotatable bonds is 18. The molecule has 12 aromatic carbocycles. The van der Waals surface area contributed by atoms with Crippen molar-refractivity contribution in [3.8, 4) is 101 Å². The minimum Gasteiger partial charge on any atom is -0.311 e. The van der Waals surface area contributed by atoms with Gasteiger partial charge in [0.15, 0.2) is 0 Å². The Kier molecular flexibility index (Phi) is 17.8. The van der Waals surface area contributed by atoms with Crippen LogP contribution >= 0.6 is 0 Å². The van der Waals surface area contributed by atoms with Gasteiger partial charge < -0.3 is 4.90 Å². The van der Waals surface area contributed by atoms with Crippen LogP contribution in [0.15, 0.2) is 364 Å². The van der Waals surface area contributed by atoms with E-state index >= 15 is 0 Å². The molecule has 97 heavy (non-hydrogen) atoms. The Morgan fingerprint density at radius 1 is 0.155 bits per heavy atom. The summed E-state index contributed by atoms with van der Waals surface area (Å²) >= 11 is 0. The Hall–Kier alpha value is -12.9. The largest absolute Gasteiger partial charge is 0.311 e. The lowest BCUT2D eigenvalue weighted by Crippen LogP contribution is -2.09. The van der Waals surface area contributed by atoms with Gasteiger partial charge in [-0.3, -0.25) is 0 Å². The minimum atomic E-state index is 0.950. The molecular weight excluding hydrogens is 1170 g/mol. The molecule has 3 heterocycles. The zero-order valence-corrected chi connectivity index (χ0v) is 53.4. The molecule has 0 bridgehead atoms. The van der Waals surface area contributed by atoms with E-state index in [2.05, 4.69) is 369 Å². The molecule has 4 heteroatoms. The highest BCUT2D eigenvalue weighted by Crippen LogP contribution is 2.38. The summed E-state index contributed by atoms with van der Waals surface area (Å²) in [7, 11) is 0. The molecule has 15 aromatic rings. The van der Waals surface area contributed by atoms with Crippen molar-refractivity contribution in [3.05, 3.63) is 397 Å². The maximum absolute atomic E-state index is 5.10. The molecule has 3 aromatic heterocycles. The second-order valence-electron chi connectivity index (χ2n) is 24.1. The number of hydrogen-bond acceptors (Lipinski definition) is 4. The predicted octanol–water partition coefficient (Wildman–Crippen LogP) is 24.9. The maximum Gasteiger partial charge on any atom is 0.0715 e. The Bertz CT molecular complexity index is 4510. The van der Waals surface area contributed by atoms with Crippen molar-refractivity contribution in [2.45, 2.75) is 0 Å². The summed E-state index contributed by atoms with van der Waals surface area (Å²) in [6.45, 7) is 0. The summed E-state index contributed by atoms with van der Waals surface area (Å²) in [5.74, 6) is 0. The highest BCUT2D eigenvalue weighted by Gasteiger charge is 2.16. The normalized spacial score (nSPS) is 11.4. The smallest absolute Gasteiger partial charge is 0.0715 e. The number of anilines is 3. The lowest BCUT2D eigenvalue weighted by Gasteiger charge is -2.26. The third-order valence-corrected chi connectivity index (χ3v) is 17.5. The molecular formula is C93H66N4. The summed E-state index contributed by atoms with van der Waals surface area (Å²) in [6, 6.07) is 128. The second-order valence-corrected chi connectivity index (χ2v) is 24.1. The highest BCUT2D eigenvalue weighted by atomic mass is 15.1. The molecule has 0 saturated carbocycles. The lowest BCUT2D eigenvalue weighted by molar-refractivity contribution is 1.28. The van der Waals surface area contributed by atoms with E-state index in [0.717, 1.165) is 151 Å². The molecule has 0 aliphatic carbocycles. The van der Waals surface area contributed by atoms with Crippen molar-refractivity contribution in [2.75, 3.05) is 4.90 Å². The van der Waals surface area contributed by atoms with Gasteiger partial charge in [0.2, 0.25) is 0 Å². The first-order valence-corrected chi connectivity index (χ1v) is 32.9. The summed E-state index contributed by atoms with van der Waals surface area (Å²) in [4.78, 5) is 17.6. The van der Waals surface area contributed by atoms with Crippen LogP contribution in [-0.2, 0) is 0 Å². The monoisotopic (exact) mass is 1240 g/mol. The molecule has 0 aliphatic rings. The Labute approximate surface area is 568 Å². The molecule has 0 amide bonds. The number of nitrogens with zero attached hydrogens (tertiary/aromatic N) is 4. The third-order valence-electron chi connectivity index (χ3n) is 17.5. The average molecular weight is 1240 g/mol. The quantitative estimate of drug-likeness (QED) is 0.0803. The van der Waals surface area contributed by atoms with Gasteiger partial charge in [-0.05, 0) is 140 Å². The summed E-state index contributed by atoms with van der Waals surface area (Å²) < 4.78 is 0. The average Bonchev–Trinajstić information content (AvgIpc) is 0.859. The zero-order chi connectivity index (χ0) is 65.0. The Balaban J connectivity index is 0.681.